The molecule has 7 rings (SSSR count). The molecule has 10 heteroatoms. The van der Waals surface area contributed by atoms with Crippen LogP contribution in [0.1, 0.15) is 19.3 Å². The highest BCUT2D eigenvalue weighted by atomic mass is 32.1. The lowest BCUT2D eigenvalue weighted by Crippen LogP contribution is -2.30. The van der Waals surface area contributed by atoms with Gasteiger partial charge in [0.05, 0.1) is 23.3 Å². The molecule has 39 heavy (non-hydrogen) atoms. The van der Waals surface area contributed by atoms with Crippen molar-refractivity contribution in [1.29, 1.82) is 0 Å². The maximum Gasteiger partial charge on any atom is 0.224 e. The van der Waals surface area contributed by atoms with Crippen molar-refractivity contribution in [3.05, 3.63) is 66.6 Å². The third-order valence-corrected chi connectivity index (χ3v) is 8.19. The number of amides is 1. The lowest BCUT2D eigenvalue weighted by atomic mass is 9.94. The predicted molar refractivity (Wildman–Crippen MR) is 154 cm³/mol. The third kappa shape index (κ3) is 4.68. The molecular weight excluding hydrogens is 508 g/mol. The number of aromatic nitrogens is 6. The molecule has 1 amide bonds. The number of pyridine rings is 3. The van der Waals surface area contributed by atoms with Crippen LogP contribution in [0.3, 0.4) is 0 Å². The molecule has 0 unspecified atom stereocenters. The first-order chi connectivity index (χ1) is 19.2. The smallest absolute Gasteiger partial charge is 0.224 e. The Morgan fingerprint density at radius 2 is 1.92 bits per heavy atom. The molecule has 4 N–H and O–H groups in total. The second kappa shape index (κ2) is 10.0. The van der Waals surface area contributed by atoms with Gasteiger partial charge in [-0.1, -0.05) is 6.07 Å². The van der Waals surface area contributed by atoms with E-state index < -0.39 is 0 Å². The van der Waals surface area contributed by atoms with Crippen molar-refractivity contribution < 1.29 is 4.79 Å². The van der Waals surface area contributed by atoms with Gasteiger partial charge in [-0.25, -0.2) is 9.97 Å². The van der Waals surface area contributed by atoms with Gasteiger partial charge in [-0.15, -0.1) is 11.3 Å². The van der Waals surface area contributed by atoms with E-state index in [1.54, 1.807) is 29.9 Å². The minimum Gasteiger partial charge on any atom is -0.338 e. The summed E-state index contributed by atoms with van der Waals surface area (Å²) in [4.78, 5) is 30.8. The molecule has 9 nitrogen and oxygen atoms in total. The first kappa shape index (κ1) is 23.7. The van der Waals surface area contributed by atoms with Gasteiger partial charge in [0.1, 0.15) is 5.65 Å². The zero-order valence-corrected chi connectivity index (χ0v) is 21.9. The molecule has 6 aromatic rings. The number of fused-ring (bicyclic) bond motifs is 2. The molecule has 1 aliphatic rings. The molecular formula is C29H26N8OS. The Labute approximate surface area is 228 Å². The molecule has 0 aromatic carbocycles. The number of anilines is 1. The van der Waals surface area contributed by atoms with E-state index in [1.807, 2.05) is 18.3 Å². The monoisotopic (exact) mass is 534 g/mol. The van der Waals surface area contributed by atoms with Gasteiger partial charge in [-0.3, -0.25) is 14.9 Å². The van der Waals surface area contributed by atoms with Crippen LogP contribution >= 0.6 is 11.3 Å². The molecule has 0 bridgehead atoms. The van der Waals surface area contributed by atoms with Crippen LogP contribution in [0.15, 0.2) is 66.6 Å². The number of nitrogens with one attached hydrogen (secondary N) is 4. The van der Waals surface area contributed by atoms with Crippen LogP contribution < -0.4 is 10.6 Å². The zero-order chi connectivity index (χ0) is 26.2. The highest BCUT2D eigenvalue weighted by molar-refractivity contribution is 7.13. The number of carbonyl (C=O) groups is 1. The molecule has 0 aliphatic carbocycles. The predicted octanol–water partition coefficient (Wildman–Crippen LogP) is 5.62. The summed E-state index contributed by atoms with van der Waals surface area (Å²) in [7, 11) is 0. The molecule has 0 atom stereocenters. The molecule has 0 radical (unpaired) electrons. The Morgan fingerprint density at radius 3 is 2.79 bits per heavy atom. The number of H-pyrrole nitrogens is 2. The van der Waals surface area contributed by atoms with Gasteiger partial charge >= 0.3 is 0 Å². The van der Waals surface area contributed by atoms with E-state index in [1.165, 1.54) is 4.88 Å². The molecule has 1 saturated heterocycles. The lowest BCUT2D eigenvalue weighted by molar-refractivity contribution is -0.117. The Balaban J connectivity index is 1.19. The number of piperidine rings is 1. The van der Waals surface area contributed by atoms with Gasteiger partial charge in [0.15, 0.2) is 5.65 Å². The van der Waals surface area contributed by atoms with Crippen molar-refractivity contribution in [2.75, 3.05) is 18.4 Å². The zero-order valence-electron chi connectivity index (χ0n) is 21.1. The average molecular weight is 535 g/mol. The highest BCUT2D eigenvalue weighted by Gasteiger charge is 2.18. The number of hydrogen-bond donors (Lipinski definition) is 4. The van der Waals surface area contributed by atoms with E-state index in [9.17, 15) is 4.79 Å². The van der Waals surface area contributed by atoms with E-state index in [-0.39, 0.29) is 5.91 Å². The van der Waals surface area contributed by atoms with Crippen molar-refractivity contribution >= 4 is 45.0 Å². The first-order valence-corrected chi connectivity index (χ1v) is 13.9. The SMILES string of the molecule is O=C(CC1CCNCC1)Nc1cncc(-c2cnc3n[nH]c(-c4cc5c(-c6cccs6)ccnc5[nH]4)c3c2)c1. The van der Waals surface area contributed by atoms with Crippen LogP contribution in [0.5, 0.6) is 0 Å². The van der Waals surface area contributed by atoms with Crippen LogP contribution in [0, 0.1) is 5.92 Å². The van der Waals surface area contributed by atoms with E-state index in [0.717, 1.165) is 70.4 Å². The molecule has 6 aromatic heterocycles. The maximum atomic E-state index is 12.7. The van der Waals surface area contributed by atoms with Gasteiger partial charge in [-0.2, -0.15) is 5.10 Å². The average Bonchev–Trinajstić information content (AvgIpc) is 3.73. The van der Waals surface area contributed by atoms with E-state index in [2.05, 4.69) is 70.4 Å². The number of rotatable bonds is 6. The number of aromatic amines is 2. The van der Waals surface area contributed by atoms with E-state index >= 15 is 0 Å². The Kier molecular flexibility index (Phi) is 6.10. The largest absolute Gasteiger partial charge is 0.338 e. The van der Waals surface area contributed by atoms with Crippen molar-refractivity contribution in [2.45, 2.75) is 19.3 Å². The van der Waals surface area contributed by atoms with Crippen LogP contribution in [-0.4, -0.2) is 49.1 Å². The number of hydrogen-bond acceptors (Lipinski definition) is 7. The second-order valence-corrected chi connectivity index (χ2v) is 10.8. The van der Waals surface area contributed by atoms with Gasteiger partial charge < -0.3 is 15.6 Å². The standard InChI is InChI=1S/C29H26N8OS/c38-26(10-17-3-6-30-7-4-17)34-20-11-18(14-31-16-20)19-12-23-27(36-37-29(23)33-15-19)24-13-22-21(25-2-1-9-39-25)5-8-32-28(22)35-24/h1-2,5,8-9,11-17,30H,3-4,6-7,10H2,(H,32,35)(H,34,38)(H,33,36,37). The summed E-state index contributed by atoms with van der Waals surface area (Å²) in [5.74, 6) is 0.454. The molecule has 1 aliphatic heterocycles. The molecule has 7 heterocycles. The van der Waals surface area contributed by atoms with Gasteiger partial charge in [-0.05, 0) is 67.6 Å². The van der Waals surface area contributed by atoms with Gasteiger partial charge in [0.2, 0.25) is 5.91 Å². The molecule has 0 saturated carbocycles. The summed E-state index contributed by atoms with van der Waals surface area (Å²) in [6.45, 7) is 1.95. The van der Waals surface area contributed by atoms with Gasteiger partial charge in [0, 0.05) is 57.4 Å². The van der Waals surface area contributed by atoms with Crippen molar-refractivity contribution in [3.63, 3.8) is 0 Å². The Morgan fingerprint density at radius 1 is 1.03 bits per heavy atom. The summed E-state index contributed by atoms with van der Waals surface area (Å²) in [6.07, 6.45) is 9.68. The minimum absolute atomic E-state index is 0.0286. The van der Waals surface area contributed by atoms with E-state index in [0.29, 0.717) is 23.7 Å². The number of nitrogens with zero attached hydrogens (tertiary/aromatic N) is 4. The van der Waals surface area contributed by atoms with Gasteiger partial charge in [0.25, 0.3) is 0 Å². The van der Waals surface area contributed by atoms with Crippen molar-refractivity contribution in [1.82, 2.24) is 35.5 Å². The lowest BCUT2D eigenvalue weighted by Gasteiger charge is -2.21. The minimum atomic E-state index is 0.0286. The molecule has 1 fully saturated rings. The fourth-order valence-electron chi connectivity index (χ4n) is 5.30. The fraction of sp³-hybridized carbons (Fsp3) is 0.207. The van der Waals surface area contributed by atoms with Crippen LogP contribution in [-0.2, 0) is 4.79 Å². The normalized spacial score (nSPS) is 14.3. The summed E-state index contributed by atoms with van der Waals surface area (Å²) in [5.41, 5.74) is 6.76. The third-order valence-electron chi connectivity index (χ3n) is 7.29. The summed E-state index contributed by atoms with van der Waals surface area (Å²) >= 11 is 1.71. The fourth-order valence-corrected chi connectivity index (χ4v) is 6.06. The first-order valence-electron chi connectivity index (χ1n) is 13.0. The number of thiophene rings is 1. The highest BCUT2D eigenvalue weighted by Crippen LogP contribution is 2.35. The van der Waals surface area contributed by atoms with Crippen molar-refractivity contribution in [3.8, 4) is 33.0 Å². The summed E-state index contributed by atoms with van der Waals surface area (Å²) in [5, 5.41) is 18.0. The Bertz CT molecular complexity index is 1780. The summed E-state index contributed by atoms with van der Waals surface area (Å²) in [6, 6.07) is 12.3. The van der Waals surface area contributed by atoms with Crippen LogP contribution in [0.25, 0.3) is 55.0 Å². The Hall–Kier alpha value is -4.41. The summed E-state index contributed by atoms with van der Waals surface area (Å²) < 4.78 is 0. The number of carbonyl (C=O) groups excluding carboxylic acids is 1. The maximum absolute atomic E-state index is 12.7. The molecule has 0 spiro atoms. The second-order valence-electron chi connectivity index (χ2n) is 9.88. The van der Waals surface area contributed by atoms with Crippen molar-refractivity contribution in [2.24, 2.45) is 5.92 Å². The van der Waals surface area contributed by atoms with Crippen LogP contribution in [0.4, 0.5) is 5.69 Å². The quantitative estimate of drug-likeness (QED) is 0.220. The van der Waals surface area contributed by atoms with E-state index in [4.69, 9.17) is 0 Å². The molecule has 194 valence electrons. The topological polar surface area (TPSA) is 124 Å². The van der Waals surface area contributed by atoms with Crippen LogP contribution in [0.2, 0.25) is 0 Å².